The molecule has 1 unspecified atom stereocenters. The van der Waals surface area contributed by atoms with E-state index in [4.69, 9.17) is 5.11 Å². The van der Waals surface area contributed by atoms with Gasteiger partial charge in [-0.1, -0.05) is 0 Å². The molecule has 1 aromatic heterocycles. The van der Waals surface area contributed by atoms with Gasteiger partial charge in [-0.15, -0.1) is 0 Å². The minimum atomic E-state index is -0.747. The minimum Gasteiger partial charge on any atom is -0.480 e. The lowest BCUT2D eigenvalue weighted by atomic mass is 10.1. The molecule has 16 heavy (non-hydrogen) atoms. The summed E-state index contributed by atoms with van der Waals surface area (Å²) in [7, 11) is 0. The fourth-order valence-corrected chi connectivity index (χ4v) is 1.86. The summed E-state index contributed by atoms with van der Waals surface area (Å²) in [4.78, 5) is 15.0. The highest BCUT2D eigenvalue weighted by Crippen LogP contribution is 2.33. The van der Waals surface area contributed by atoms with Gasteiger partial charge in [0.25, 0.3) is 0 Å². The zero-order valence-electron chi connectivity index (χ0n) is 9.26. The van der Waals surface area contributed by atoms with Crippen molar-refractivity contribution in [3.8, 4) is 0 Å². The van der Waals surface area contributed by atoms with Gasteiger partial charge in [0.2, 0.25) is 0 Å². The summed E-state index contributed by atoms with van der Waals surface area (Å²) >= 11 is 0. The smallest absolute Gasteiger partial charge is 0.320 e. The second kappa shape index (κ2) is 4.61. The number of aliphatic carboxylic acids is 1. The fraction of sp³-hybridized carbons (Fsp3) is 0.500. The van der Waals surface area contributed by atoms with E-state index in [2.05, 4.69) is 10.3 Å². The van der Waals surface area contributed by atoms with Gasteiger partial charge < -0.3 is 5.11 Å². The molecule has 0 saturated heterocycles. The summed E-state index contributed by atoms with van der Waals surface area (Å²) in [6, 6.07) is 3.44. The van der Waals surface area contributed by atoms with Gasteiger partial charge in [-0.05, 0) is 43.4 Å². The van der Waals surface area contributed by atoms with Crippen LogP contribution in [0.2, 0.25) is 0 Å². The summed E-state index contributed by atoms with van der Waals surface area (Å²) in [5.41, 5.74) is 1.07. The van der Waals surface area contributed by atoms with E-state index in [-0.39, 0.29) is 6.04 Å². The van der Waals surface area contributed by atoms with Crippen molar-refractivity contribution in [2.75, 3.05) is 0 Å². The van der Waals surface area contributed by atoms with E-state index in [0.29, 0.717) is 5.92 Å². The van der Waals surface area contributed by atoms with Gasteiger partial charge in [0.1, 0.15) is 6.04 Å². The zero-order chi connectivity index (χ0) is 11.5. The van der Waals surface area contributed by atoms with Crippen molar-refractivity contribution >= 4 is 5.97 Å². The maximum atomic E-state index is 11.1. The van der Waals surface area contributed by atoms with Crippen molar-refractivity contribution in [2.24, 2.45) is 5.92 Å². The molecule has 0 spiro atoms. The predicted molar refractivity (Wildman–Crippen MR) is 59.9 cm³/mol. The van der Waals surface area contributed by atoms with Crippen LogP contribution >= 0.6 is 0 Å². The molecular formula is C12H16N2O2. The Labute approximate surface area is 94.7 Å². The van der Waals surface area contributed by atoms with Crippen LogP contribution in [0.25, 0.3) is 0 Å². The average Bonchev–Trinajstić information content (AvgIpc) is 3.10. The Hall–Kier alpha value is -1.42. The third-order valence-electron chi connectivity index (χ3n) is 3.00. The quantitative estimate of drug-likeness (QED) is 0.791. The zero-order valence-corrected chi connectivity index (χ0v) is 9.26. The highest BCUT2D eigenvalue weighted by molar-refractivity contribution is 5.74. The first-order chi connectivity index (χ1) is 7.68. The van der Waals surface area contributed by atoms with E-state index in [1.165, 1.54) is 0 Å². The lowest BCUT2D eigenvalue weighted by Crippen LogP contribution is -2.40. The first-order valence-corrected chi connectivity index (χ1v) is 5.57. The van der Waals surface area contributed by atoms with Gasteiger partial charge in [0, 0.05) is 18.4 Å². The van der Waals surface area contributed by atoms with Crippen LogP contribution < -0.4 is 5.32 Å². The molecule has 0 radical (unpaired) electrons. The lowest BCUT2D eigenvalue weighted by molar-refractivity contribution is -0.140. The third-order valence-corrected chi connectivity index (χ3v) is 3.00. The Balaban J connectivity index is 2.00. The van der Waals surface area contributed by atoms with Crippen LogP contribution in [0.4, 0.5) is 0 Å². The molecular weight excluding hydrogens is 204 g/mol. The Kier molecular flexibility index (Phi) is 3.19. The number of pyridine rings is 1. The van der Waals surface area contributed by atoms with Crippen molar-refractivity contribution in [2.45, 2.75) is 31.8 Å². The predicted octanol–water partition coefficient (Wildman–Crippen LogP) is 1.60. The number of carboxylic acid groups (broad SMARTS) is 1. The van der Waals surface area contributed by atoms with Crippen molar-refractivity contribution in [3.63, 3.8) is 0 Å². The normalized spacial score (nSPS) is 19.1. The molecule has 0 amide bonds. The van der Waals surface area contributed by atoms with Crippen LogP contribution in [0.1, 0.15) is 31.4 Å². The first kappa shape index (κ1) is 11.1. The summed E-state index contributed by atoms with van der Waals surface area (Å²) in [6.07, 6.45) is 5.49. The van der Waals surface area contributed by atoms with E-state index in [0.717, 1.165) is 18.4 Å². The second-order valence-corrected chi connectivity index (χ2v) is 4.32. The Morgan fingerprint density at radius 2 is 2.12 bits per heavy atom. The maximum absolute atomic E-state index is 11.1. The van der Waals surface area contributed by atoms with Crippen LogP contribution in [-0.2, 0) is 4.79 Å². The maximum Gasteiger partial charge on any atom is 0.320 e. The molecule has 1 heterocycles. The topological polar surface area (TPSA) is 62.2 Å². The number of rotatable bonds is 5. The van der Waals surface area contributed by atoms with Crippen LogP contribution in [0, 0.1) is 5.92 Å². The van der Waals surface area contributed by atoms with Crippen molar-refractivity contribution in [1.82, 2.24) is 10.3 Å². The van der Waals surface area contributed by atoms with E-state index in [1.54, 1.807) is 12.4 Å². The summed E-state index contributed by atoms with van der Waals surface area (Å²) in [5, 5.41) is 12.3. The van der Waals surface area contributed by atoms with Crippen LogP contribution in [0.3, 0.4) is 0 Å². The van der Waals surface area contributed by atoms with Gasteiger partial charge in [-0.25, -0.2) is 0 Å². The summed E-state index contributed by atoms with van der Waals surface area (Å²) < 4.78 is 0. The van der Waals surface area contributed by atoms with E-state index in [1.807, 2.05) is 19.1 Å². The molecule has 4 nitrogen and oxygen atoms in total. The van der Waals surface area contributed by atoms with Gasteiger partial charge in [0.15, 0.2) is 0 Å². The highest BCUT2D eigenvalue weighted by atomic mass is 16.4. The van der Waals surface area contributed by atoms with Crippen LogP contribution in [0.15, 0.2) is 24.5 Å². The lowest BCUT2D eigenvalue weighted by Gasteiger charge is -2.20. The molecule has 1 aromatic rings. The molecule has 1 aliphatic carbocycles. The molecule has 86 valence electrons. The Morgan fingerprint density at radius 1 is 1.50 bits per heavy atom. The Bertz CT molecular complexity index is 363. The Morgan fingerprint density at radius 3 is 2.62 bits per heavy atom. The molecule has 1 fully saturated rings. The fourth-order valence-electron chi connectivity index (χ4n) is 1.86. The van der Waals surface area contributed by atoms with Crippen molar-refractivity contribution in [3.05, 3.63) is 30.1 Å². The minimum absolute atomic E-state index is 0.0460. The molecule has 0 bridgehead atoms. The number of nitrogens with one attached hydrogen (secondary N) is 1. The number of hydrogen-bond donors (Lipinski definition) is 2. The number of aromatic nitrogens is 1. The van der Waals surface area contributed by atoms with Gasteiger partial charge in [-0.3, -0.25) is 15.1 Å². The third kappa shape index (κ3) is 2.58. The molecule has 0 aliphatic heterocycles. The van der Waals surface area contributed by atoms with Crippen molar-refractivity contribution < 1.29 is 9.90 Å². The SMILES string of the molecule is C[C@@H](NC(C(=O)O)C1CC1)c1ccncc1. The average molecular weight is 220 g/mol. The number of hydrogen-bond acceptors (Lipinski definition) is 3. The number of carbonyl (C=O) groups is 1. The monoisotopic (exact) mass is 220 g/mol. The molecule has 2 atom stereocenters. The first-order valence-electron chi connectivity index (χ1n) is 5.57. The second-order valence-electron chi connectivity index (χ2n) is 4.32. The molecule has 1 saturated carbocycles. The largest absolute Gasteiger partial charge is 0.480 e. The molecule has 4 heteroatoms. The molecule has 2 rings (SSSR count). The standard InChI is InChI=1S/C12H16N2O2/c1-8(9-4-6-13-7-5-9)14-11(12(15)16)10-2-3-10/h4-8,10-11,14H,2-3H2,1H3,(H,15,16)/t8-,11?/m1/s1. The van der Waals surface area contributed by atoms with Crippen molar-refractivity contribution in [1.29, 1.82) is 0 Å². The number of nitrogens with zero attached hydrogens (tertiary/aromatic N) is 1. The molecule has 1 aliphatic rings. The van der Waals surface area contributed by atoms with Crippen LogP contribution in [-0.4, -0.2) is 22.1 Å². The van der Waals surface area contributed by atoms with Gasteiger partial charge in [0.05, 0.1) is 0 Å². The van der Waals surface area contributed by atoms with E-state index < -0.39 is 12.0 Å². The van der Waals surface area contributed by atoms with E-state index >= 15 is 0 Å². The van der Waals surface area contributed by atoms with Gasteiger partial charge in [-0.2, -0.15) is 0 Å². The van der Waals surface area contributed by atoms with E-state index in [9.17, 15) is 4.79 Å². The van der Waals surface area contributed by atoms with Gasteiger partial charge >= 0.3 is 5.97 Å². The number of carboxylic acids is 1. The molecule has 2 N–H and O–H groups in total. The van der Waals surface area contributed by atoms with Crippen LogP contribution in [0.5, 0.6) is 0 Å². The summed E-state index contributed by atoms with van der Waals surface area (Å²) in [6.45, 7) is 1.98. The highest BCUT2D eigenvalue weighted by Gasteiger charge is 2.36. The summed E-state index contributed by atoms with van der Waals surface area (Å²) in [5.74, 6) is -0.440. The molecule has 0 aromatic carbocycles.